The average Bonchev–Trinajstić information content (AvgIpc) is 3.42. The maximum absolute atomic E-state index is 13.5. The number of para-hydroxylation sites is 1. The van der Waals surface area contributed by atoms with Crippen LogP contribution in [0.25, 0.3) is 0 Å². The van der Waals surface area contributed by atoms with E-state index in [4.69, 9.17) is 23.2 Å². The summed E-state index contributed by atoms with van der Waals surface area (Å²) in [5, 5.41) is 16.2. The third-order valence-electron chi connectivity index (χ3n) is 6.86. The van der Waals surface area contributed by atoms with Crippen molar-refractivity contribution in [2.24, 2.45) is 0 Å². The van der Waals surface area contributed by atoms with Gasteiger partial charge in [0.15, 0.2) is 0 Å². The van der Waals surface area contributed by atoms with E-state index >= 15 is 0 Å². The Hall–Kier alpha value is -2.07. The number of piperazine rings is 1. The molecule has 0 unspecified atom stereocenters. The molecule has 2 aromatic carbocycles. The van der Waals surface area contributed by atoms with E-state index in [1.165, 1.54) is 16.1 Å². The summed E-state index contributed by atoms with van der Waals surface area (Å²) in [6.07, 6.45) is 1.43. The van der Waals surface area contributed by atoms with Gasteiger partial charge in [-0.15, -0.1) is 11.3 Å². The first-order valence-corrected chi connectivity index (χ1v) is 14.6. The molecule has 0 spiro atoms. The van der Waals surface area contributed by atoms with Gasteiger partial charge in [0.1, 0.15) is 0 Å². The number of hydrogen-bond acceptors (Lipinski definition) is 6. The van der Waals surface area contributed by atoms with Crippen LogP contribution in [0, 0.1) is 0 Å². The van der Waals surface area contributed by atoms with Crippen LogP contribution in [0.3, 0.4) is 0 Å². The summed E-state index contributed by atoms with van der Waals surface area (Å²) in [6.45, 7) is 6.25. The maximum atomic E-state index is 13.5. The summed E-state index contributed by atoms with van der Waals surface area (Å²) in [6, 6.07) is 17.6. The molecular weight excluding hydrogens is 538 g/mol. The number of benzene rings is 2. The molecule has 38 heavy (non-hydrogen) atoms. The lowest BCUT2D eigenvalue weighted by Crippen LogP contribution is -2.57. The van der Waals surface area contributed by atoms with Gasteiger partial charge in [-0.25, -0.2) is 0 Å². The molecule has 3 aromatic rings. The molecule has 2 N–H and O–H groups in total. The van der Waals surface area contributed by atoms with Gasteiger partial charge in [0.2, 0.25) is 5.91 Å². The van der Waals surface area contributed by atoms with Gasteiger partial charge in [-0.1, -0.05) is 53.5 Å². The summed E-state index contributed by atoms with van der Waals surface area (Å²) in [5.74, 6) is -0.0295. The molecule has 1 atom stereocenters. The first-order chi connectivity index (χ1) is 18.3. The highest BCUT2D eigenvalue weighted by Gasteiger charge is 2.30. The maximum Gasteiger partial charge on any atom is 0.374 e. The average molecular weight is 573 g/mol. The quantitative estimate of drug-likeness (QED) is 0.326. The van der Waals surface area contributed by atoms with Crippen LogP contribution in [0.1, 0.15) is 16.0 Å². The molecule has 1 amide bonds. The Labute approximate surface area is 240 Å². The SMILES string of the molecule is CB(O)N[C@H](Cc1ccc(Cl)cc1Cl)C(=O)N1CCN(c2ccccc2CN(C)CCc2cccs2)CC1. The van der Waals surface area contributed by atoms with Crippen LogP contribution in [0.4, 0.5) is 5.69 Å². The van der Waals surface area contributed by atoms with Crippen LogP contribution in [0.2, 0.25) is 16.9 Å². The second kappa shape index (κ2) is 13.8. The van der Waals surface area contributed by atoms with E-state index in [-0.39, 0.29) is 5.91 Å². The molecule has 1 aromatic heterocycles. The van der Waals surface area contributed by atoms with Gasteiger partial charge in [0.25, 0.3) is 0 Å². The van der Waals surface area contributed by atoms with E-state index in [1.807, 2.05) is 22.3 Å². The Balaban J connectivity index is 1.36. The Morgan fingerprint density at radius 3 is 2.55 bits per heavy atom. The standard InChI is InChI=1S/C28H35BCl2N4O2S/c1-29(37)32-26(18-21-9-10-23(30)19-25(21)31)28(36)35-15-13-34(14-16-35)27-8-4-3-6-22(27)20-33(2)12-11-24-7-5-17-38-24/h3-10,17,19,26,32,37H,11-16,18,20H2,1-2H3/t26-/m1/s1. The summed E-state index contributed by atoms with van der Waals surface area (Å²) in [7, 11) is 1.35. The molecule has 0 aliphatic carbocycles. The Kier molecular flexibility index (Phi) is 10.5. The largest absolute Gasteiger partial charge is 0.437 e. The zero-order chi connectivity index (χ0) is 27.1. The van der Waals surface area contributed by atoms with E-state index in [9.17, 15) is 9.82 Å². The zero-order valence-electron chi connectivity index (χ0n) is 21.9. The lowest BCUT2D eigenvalue weighted by Gasteiger charge is -2.39. The fraction of sp³-hybridized carbons (Fsp3) is 0.393. The van der Waals surface area contributed by atoms with Gasteiger partial charge in [-0.3, -0.25) is 4.79 Å². The van der Waals surface area contributed by atoms with Gasteiger partial charge in [0, 0.05) is 59.9 Å². The minimum atomic E-state index is -0.819. The summed E-state index contributed by atoms with van der Waals surface area (Å²) >= 11 is 14.2. The molecule has 2 heterocycles. The molecular formula is C28H35BCl2N4O2S. The third kappa shape index (κ3) is 7.98. The fourth-order valence-electron chi connectivity index (χ4n) is 4.88. The van der Waals surface area contributed by atoms with Gasteiger partial charge in [0.05, 0.1) is 6.04 Å². The number of carbonyl (C=O) groups is 1. The molecule has 1 saturated heterocycles. The molecule has 0 bridgehead atoms. The second-order valence-electron chi connectivity index (χ2n) is 9.84. The van der Waals surface area contributed by atoms with Crippen LogP contribution in [-0.4, -0.2) is 73.6 Å². The third-order valence-corrected chi connectivity index (χ3v) is 8.39. The molecule has 10 heteroatoms. The molecule has 1 aliphatic heterocycles. The van der Waals surface area contributed by atoms with Crippen LogP contribution >= 0.6 is 34.5 Å². The van der Waals surface area contributed by atoms with Crippen LogP contribution < -0.4 is 10.1 Å². The highest BCUT2D eigenvalue weighted by Crippen LogP contribution is 2.25. The molecule has 202 valence electrons. The molecule has 6 nitrogen and oxygen atoms in total. The van der Waals surface area contributed by atoms with Gasteiger partial charge < -0.3 is 25.0 Å². The summed E-state index contributed by atoms with van der Waals surface area (Å²) in [5.41, 5.74) is 3.35. The van der Waals surface area contributed by atoms with Crippen molar-refractivity contribution in [2.75, 3.05) is 44.7 Å². The van der Waals surface area contributed by atoms with E-state index in [1.54, 1.807) is 19.0 Å². The first kappa shape index (κ1) is 28.9. The van der Waals surface area contributed by atoms with E-state index in [0.717, 1.165) is 38.2 Å². The van der Waals surface area contributed by atoms with E-state index < -0.39 is 13.1 Å². The van der Waals surface area contributed by atoms with Crippen molar-refractivity contribution in [1.82, 2.24) is 15.0 Å². The molecule has 1 aliphatic rings. The molecule has 1 fully saturated rings. The number of likely N-dealkylation sites (N-methyl/N-ethyl adjacent to an activating group) is 1. The number of halogens is 2. The Morgan fingerprint density at radius 1 is 1.11 bits per heavy atom. The minimum absolute atomic E-state index is 0.0295. The van der Waals surface area contributed by atoms with Crippen molar-refractivity contribution in [1.29, 1.82) is 0 Å². The predicted octanol–water partition coefficient (Wildman–Crippen LogP) is 4.69. The normalized spacial score (nSPS) is 14.7. The minimum Gasteiger partial charge on any atom is -0.437 e. The van der Waals surface area contributed by atoms with Crippen molar-refractivity contribution < 1.29 is 9.82 Å². The van der Waals surface area contributed by atoms with Gasteiger partial charge >= 0.3 is 7.05 Å². The topological polar surface area (TPSA) is 59.1 Å². The first-order valence-electron chi connectivity index (χ1n) is 13.0. The van der Waals surface area contributed by atoms with E-state index in [0.29, 0.717) is 29.6 Å². The van der Waals surface area contributed by atoms with Crippen molar-refractivity contribution in [3.8, 4) is 0 Å². The second-order valence-corrected chi connectivity index (χ2v) is 11.7. The van der Waals surface area contributed by atoms with Crippen molar-refractivity contribution in [3.05, 3.63) is 86.0 Å². The predicted molar refractivity (Wildman–Crippen MR) is 161 cm³/mol. The zero-order valence-corrected chi connectivity index (χ0v) is 24.3. The van der Waals surface area contributed by atoms with Gasteiger partial charge in [-0.2, -0.15) is 0 Å². The lowest BCUT2D eigenvalue weighted by molar-refractivity contribution is -0.133. The Morgan fingerprint density at radius 2 is 1.87 bits per heavy atom. The molecule has 4 rings (SSSR count). The van der Waals surface area contributed by atoms with Crippen LogP contribution in [-0.2, 0) is 24.2 Å². The Bertz CT molecular complexity index is 1190. The lowest BCUT2D eigenvalue weighted by atomic mass is 9.85. The molecule has 0 radical (unpaired) electrons. The van der Waals surface area contributed by atoms with Crippen LogP contribution in [0.15, 0.2) is 60.0 Å². The monoisotopic (exact) mass is 572 g/mol. The number of carbonyl (C=O) groups excluding carboxylic acids is 1. The molecule has 0 saturated carbocycles. The van der Waals surface area contributed by atoms with E-state index in [2.05, 4.69) is 63.9 Å². The summed E-state index contributed by atoms with van der Waals surface area (Å²) in [4.78, 5) is 21.5. The highest BCUT2D eigenvalue weighted by atomic mass is 35.5. The number of nitrogens with one attached hydrogen (secondary N) is 1. The number of thiophene rings is 1. The number of rotatable bonds is 11. The van der Waals surface area contributed by atoms with Crippen molar-refractivity contribution >= 4 is 53.2 Å². The van der Waals surface area contributed by atoms with Gasteiger partial charge in [-0.05, 0) is 67.5 Å². The smallest absolute Gasteiger partial charge is 0.374 e. The number of nitrogens with zero attached hydrogens (tertiary/aromatic N) is 3. The van der Waals surface area contributed by atoms with Crippen molar-refractivity contribution in [2.45, 2.75) is 32.3 Å². The van der Waals surface area contributed by atoms with Crippen molar-refractivity contribution in [3.63, 3.8) is 0 Å². The number of hydrogen-bond donors (Lipinski definition) is 2. The highest BCUT2D eigenvalue weighted by molar-refractivity contribution is 7.09. The number of amides is 1. The fourth-order valence-corrected chi connectivity index (χ4v) is 6.07. The number of anilines is 1. The summed E-state index contributed by atoms with van der Waals surface area (Å²) < 4.78 is 0. The van der Waals surface area contributed by atoms with Crippen LogP contribution in [0.5, 0.6) is 0 Å².